The monoisotopic (exact) mass is 548 g/mol. The Morgan fingerprint density at radius 3 is 2.62 bits per heavy atom. The number of para-hydroxylation sites is 1. The maximum atomic E-state index is 14.6. The van der Waals surface area contributed by atoms with Crippen molar-refractivity contribution in [3.8, 4) is 23.0 Å². The summed E-state index contributed by atoms with van der Waals surface area (Å²) < 4.78 is 16.2. The van der Waals surface area contributed by atoms with Crippen molar-refractivity contribution < 1.29 is 19.4 Å². The second-order valence-corrected chi connectivity index (χ2v) is 9.48. The third kappa shape index (κ3) is 5.03. The van der Waals surface area contributed by atoms with Crippen LogP contribution in [0, 0.1) is 5.82 Å². The molecule has 39 heavy (non-hydrogen) atoms. The maximum Gasteiger partial charge on any atom is 0.263 e. The van der Waals surface area contributed by atoms with E-state index in [4.69, 9.17) is 11.6 Å². The highest BCUT2D eigenvalue weighted by molar-refractivity contribution is 6.30. The van der Waals surface area contributed by atoms with Gasteiger partial charge in [-0.2, -0.15) is 5.10 Å². The van der Waals surface area contributed by atoms with Crippen molar-refractivity contribution in [2.24, 2.45) is 7.05 Å². The summed E-state index contributed by atoms with van der Waals surface area (Å²) in [7, 11) is 1.75. The highest BCUT2D eigenvalue weighted by Crippen LogP contribution is 2.45. The van der Waals surface area contributed by atoms with E-state index in [0.29, 0.717) is 30.8 Å². The number of hydrogen-bond donors (Lipinski definition) is 2. The maximum absolute atomic E-state index is 14.6. The predicted molar refractivity (Wildman–Crippen MR) is 147 cm³/mol. The number of aryl methyl sites for hydroxylation is 1. The van der Waals surface area contributed by atoms with E-state index < -0.39 is 23.4 Å². The van der Waals surface area contributed by atoms with E-state index >= 15 is 0 Å². The van der Waals surface area contributed by atoms with Gasteiger partial charge >= 0.3 is 0 Å². The molecule has 1 aliphatic rings. The molecule has 4 aromatic rings. The normalized spacial score (nSPS) is 13.3. The van der Waals surface area contributed by atoms with Crippen LogP contribution in [0.2, 0.25) is 5.02 Å². The molecule has 1 aliphatic heterocycles. The van der Waals surface area contributed by atoms with E-state index in [2.05, 4.69) is 15.1 Å². The Morgan fingerprint density at radius 2 is 1.95 bits per heavy atom. The number of amides is 1. The molecule has 0 aliphatic carbocycles. The Bertz CT molecular complexity index is 1570. The van der Waals surface area contributed by atoms with Gasteiger partial charge in [-0.1, -0.05) is 35.9 Å². The summed E-state index contributed by atoms with van der Waals surface area (Å²) in [6.07, 6.45) is 5.31. The number of hydrogen-bond acceptors (Lipinski definition) is 7. The third-order valence-corrected chi connectivity index (χ3v) is 6.71. The molecule has 0 saturated heterocycles. The fourth-order valence-corrected chi connectivity index (χ4v) is 4.84. The van der Waals surface area contributed by atoms with Gasteiger partial charge in [0.15, 0.2) is 11.6 Å². The summed E-state index contributed by atoms with van der Waals surface area (Å²) in [5.74, 6) is -2.29. The summed E-state index contributed by atoms with van der Waals surface area (Å²) in [5, 5.41) is 27.2. The highest BCUT2D eigenvalue weighted by Gasteiger charge is 2.33. The quantitative estimate of drug-likeness (QED) is 0.342. The lowest BCUT2D eigenvalue weighted by Gasteiger charge is -2.30. The van der Waals surface area contributed by atoms with Gasteiger partial charge in [-0.25, -0.2) is 9.37 Å². The molecular weight excluding hydrogens is 523 g/mol. The molecule has 3 aromatic heterocycles. The Labute approximate surface area is 229 Å². The van der Waals surface area contributed by atoms with Gasteiger partial charge in [0.05, 0.1) is 5.02 Å². The molecule has 0 fully saturated rings. The number of nitrogens with zero attached hydrogens (tertiary/aromatic N) is 6. The molecule has 0 atom stereocenters. The number of aromatic nitrogens is 4. The molecule has 1 aromatic carbocycles. The highest BCUT2D eigenvalue weighted by atomic mass is 35.5. The Morgan fingerprint density at radius 1 is 1.18 bits per heavy atom. The zero-order valence-electron chi connectivity index (χ0n) is 21.3. The van der Waals surface area contributed by atoms with Gasteiger partial charge in [0.2, 0.25) is 5.88 Å². The van der Waals surface area contributed by atoms with Crippen molar-refractivity contribution in [1.82, 2.24) is 24.6 Å². The zero-order valence-corrected chi connectivity index (χ0v) is 22.1. The Hall–Kier alpha value is -4.44. The van der Waals surface area contributed by atoms with E-state index in [1.165, 1.54) is 17.2 Å². The summed E-state index contributed by atoms with van der Waals surface area (Å²) >= 11 is 5.85. The van der Waals surface area contributed by atoms with E-state index in [9.17, 15) is 19.4 Å². The van der Waals surface area contributed by atoms with Gasteiger partial charge < -0.3 is 20.0 Å². The Balaban J connectivity index is 1.59. The second kappa shape index (κ2) is 10.7. The number of carbonyl (C=O) groups excluding carboxylic acids is 1. The minimum atomic E-state index is -0.643. The first kappa shape index (κ1) is 26.2. The van der Waals surface area contributed by atoms with Crippen LogP contribution in [-0.2, 0) is 7.05 Å². The standard InChI is InChI=1S/C28H26ClFN6O3/c1-3-36(19-9-5-4-6-10-19)25-24(21-11-13-34(2)33-21)32-27(38)22(26(25)37)28(39)35-12-7-8-17(16-35)23-20(30)14-18(29)15-31-23/h4-6,8-11,13-15H,3,7,12,16H2,1-2H3,(H2,32,37,38). The van der Waals surface area contributed by atoms with Crippen LogP contribution in [-0.4, -0.2) is 60.4 Å². The van der Waals surface area contributed by atoms with Crippen LogP contribution in [0.1, 0.15) is 29.4 Å². The van der Waals surface area contributed by atoms with Gasteiger partial charge in [0, 0.05) is 44.8 Å². The van der Waals surface area contributed by atoms with Crippen molar-refractivity contribution >= 4 is 34.5 Å². The van der Waals surface area contributed by atoms with Crippen LogP contribution < -0.4 is 4.90 Å². The summed E-state index contributed by atoms with van der Waals surface area (Å²) in [6, 6.07) is 12.2. The first-order chi connectivity index (χ1) is 18.8. The number of benzene rings is 1. The molecule has 200 valence electrons. The van der Waals surface area contributed by atoms with Crippen molar-refractivity contribution in [3.63, 3.8) is 0 Å². The van der Waals surface area contributed by atoms with Crippen molar-refractivity contribution in [1.29, 1.82) is 0 Å². The number of anilines is 2. The molecule has 0 bridgehead atoms. The van der Waals surface area contributed by atoms with Crippen molar-refractivity contribution in [2.45, 2.75) is 13.3 Å². The average Bonchev–Trinajstić information content (AvgIpc) is 3.36. The first-order valence-electron chi connectivity index (χ1n) is 12.4. The number of halogens is 2. The van der Waals surface area contributed by atoms with Crippen molar-refractivity contribution in [2.75, 3.05) is 24.5 Å². The number of carbonyl (C=O) groups is 1. The minimum Gasteiger partial charge on any atom is -0.505 e. The van der Waals surface area contributed by atoms with Gasteiger partial charge in [-0.15, -0.1) is 0 Å². The molecule has 5 rings (SSSR count). The fourth-order valence-electron chi connectivity index (χ4n) is 4.70. The predicted octanol–water partition coefficient (Wildman–Crippen LogP) is 5.17. The van der Waals surface area contributed by atoms with Crippen LogP contribution in [0.5, 0.6) is 11.6 Å². The number of aromatic hydroxyl groups is 2. The minimum absolute atomic E-state index is 0.0246. The smallest absolute Gasteiger partial charge is 0.263 e. The fraction of sp³-hybridized carbons (Fsp3) is 0.214. The Kier molecular flexibility index (Phi) is 7.21. The average molecular weight is 549 g/mol. The number of rotatable bonds is 6. The van der Waals surface area contributed by atoms with Crippen LogP contribution in [0.15, 0.2) is 60.9 Å². The van der Waals surface area contributed by atoms with E-state index in [1.54, 1.807) is 28.9 Å². The lowest BCUT2D eigenvalue weighted by molar-refractivity contribution is 0.0767. The van der Waals surface area contributed by atoms with Crippen LogP contribution in [0.3, 0.4) is 0 Å². The topological polar surface area (TPSA) is 108 Å². The molecule has 9 nitrogen and oxygen atoms in total. The molecule has 0 spiro atoms. The zero-order chi connectivity index (χ0) is 27.7. The van der Waals surface area contributed by atoms with E-state index in [0.717, 1.165) is 5.69 Å². The van der Waals surface area contributed by atoms with Crippen LogP contribution in [0.25, 0.3) is 17.0 Å². The first-order valence-corrected chi connectivity index (χ1v) is 12.7. The summed E-state index contributed by atoms with van der Waals surface area (Å²) in [6.45, 7) is 2.65. The molecular formula is C28H26ClFN6O3. The van der Waals surface area contributed by atoms with Crippen molar-refractivity contribution in [3.05, 3.63) is 83.0 Å². The second-order valence-electron chi connectivity index (χ2n) is 9.04. The molecule has 1 amide bonds. The third-order valence-electron chi connectivity index (χ3n) is 6.50. The van der Waals surface area contributed by atoms with Crippen LogP contribution in [0.4, 0.5) is 15.8 Å². The van der Waals surface area contributed by atoms with E-state index in [-0.39, 0.29) is 34.2 Å². The molecule has 2 N–H and O–H groups in total. The van der Waals surface area contributed by atoms with E-state index in [1.807, 2.05) is 43.3 Å². The molecule has 11 heteroatoms. The summed E-state index contributed by atoms with van der Waals surface area (Å²) in [4.78, 5) is 25.4. The largest absolute Gasteiger partial charge is 0.505 e. The molecule has 0 unspecified atom stereocenters. The lowest BCUT2D eigenvalue weighted by atomic mass is 10.0. The van der Waals surface area contributed by atoms with Gasteiger partial charge in [0.1, 0.15) is 28.3 Å². The molecule has 0 saturated carbocycles. The van der Waals surface area contributed by atoms with Gasteiger partial charge in [-0.3, -0.25) is 14.5 Å². The number of pyridine rings is 2. The molecule has 0 radical (unpaired) electrons. The lowest BCUT2D eigenvalue weighted by Crippen LogP contribution is -2.36. The van der Waals surface area contributed by atoms with Gasteiger partial charge in [-0.05, 0) is 43.2 Å². The van der Waals surface area contributed by atoms with Crippen LogP contribution >= 0.6 is 11.6 Å². The molecule has 4 heterocycles. The van der Waals surface area contributed by atoms with Gasteiger partial charge in [0.25, 0.3) is 5.91 Å². The SMILES string of the molecule is CCN(c1ccccc1)c1c(-c2ccn(C)n2)nc(O)c(C(=O)N2CCC=C(c3ncc(Cl)cc3F)C2)c1O. The summed E-state index contributed by atoms with van der Waals surface area (Å²) in [5.41, 5.74) is 1.88.